The Morgan fingerprint density at radius 1 is 1.48 bits per heavy atom. The molecule has 0 radical (unpaired) electrons. The number of benzene rings is 1. The van der Waals surface area contributed by atoms with Crippen LogP contribution in [0.3, 0.4) is 0 Å². The Morgan fingerprint density at radius 3 is 2.95 bits per heavy atom. The van der Waals surface area contributed by atoms with Gasteiger partial charge in [-0.25, -0.2) is 9.18 Å². The van der Waals surface area contributed by atoms with Gasteiger partial charge in [0.05, 0.1) is 6.04 Å². The molecule has 2 rings (SSSR count). The summed E-state index contributed by atoms with van der Waals surface area (Å²) in [6.45, 7) is 2.86. The van der Waals surface area contributed by atoms with E-state index < -0.39 is 11.9 Å². The maximum atomic E-state index is 13.8. The van der Waals surface area contributed by atoms with Crippen molar-refractivity contribution < 1.29 is 14.0 Å². The van der Waals surface area contributed by atoms with Crippen LogP contribution in [0.5, 0.6) is 0 Å². The van der Waals surface area contributed by atoms with Crippen molar-refractivity contribution in [3.05, 3.63) is 34.6 Å². The summed E-state index contributed by atoms with van der Waals surface area (Å²) in [6.07, 6.45) is 0.266. The Bertz CT molecular complexity index is 533. The first-order valence-corrected chi connectivity index (χ1v) is 7.13. The fourth-order valence-electron chi connectivity index (χ4n) is 2.24. The van der Waals surface area contributed by atoms with Gasteiger partial charge in [-0.15, -0.1) is 0 Å². The molecule has 1 fully saturated rings. The molecule has 1 saturated heterocycles. The summed E-state index contributed by atoms with van der Waals surface area (Å²) in [5, 5.41) is 5.68. The van der Waals surface area contributed by atoms with Gasteiger partial charge in [-0.2, -0.15) is 0 Å². The van der Waals surface area contributed by atoms with Crippen LogP contribution in [0.15, 0.2) is 18.2 Å². The largest absolute Gasteiger partial charge is 0.354 e. The van der Waals surface area contributed by atoms with Crippen molar-refractivity contribution in [3.8, 4) is 0 Å². The van der Waals surface area contributed by atoms with Crippen LogP contribution in [0.4, 0.5) is 9.18 Å². The topological polar surface area (TPSA) is 61.4 Å². The Balaban J connectivity index is 2.03. The summed E-state index contributed by atoms with van der Waals surface area (Å²) in [6, 6.07) is 3.51. The van der Waals surface area contributed by atoms with Gasteiger partial charge in [0.2, 0.25) is 5.91 Å². The van der Waals surface area contributed by atoms with E-state index in [1.165, 1.54) is 17.0 Å². The highest BCUT2D eigenvalue weighted by Gasteiger charge is 2.22. The molecular weight excluding hydrogens is 297 g/mol. The minimum absolute atomic E-state index is 0.0736. The molecule has 0 saturated carbocycles. The number of carbonyl (C=O) groups is 2. The van der Waals surface area contributed by atoms with Gasteiger partial charge in [-0.3, -0.25) is 4.79 Å². The van der Waals surface area contributed by atoms with E-state index in [1.807, 2.05) is 0 Å². The second kappa shape index (κ2) is 6.76. The molecule has 1 heterocycles. The molecule has 0 unspecified atom stereocenters. The highest BCUT2D eigenvalue weighted by Crippen LogP contribution is 2.25. The highest BCUT2D eigenvalue weighted by molar-refractivity contribution is 6.31. The van der Waals surface area contributed by atoms with Gasteiger partial charge in [0, 0.05) is 36.6 Å². The third-order valence-electron chi connectivity index (χ3n) is 3.37. The number of carbonyl (C=O) groups excluding carboxylic acids is 2. The Hall–Kier alpha value is -1.82. The zero-order valence-corrected chi connectivity index (χ0v) is 12.4. The highest BCUT2D eigenvalue weighted by atomic mass is 35.5. The smallest absolute Gasteiger partial charge is 0.317 e. The molecule has 2 N–H and O–H groups in total. The zero-order chi connectivity index (χ0) is 15.4. The van der Waals surface area contributed by atoms with Crippen molar-refractivity contribution >= 4 is 23.5 Å². The lowest BCUT2D eigenvalue weighted by molar-refractivity contribution is -0.120. The minimum atomic E-state index is -0.557. The van der Waals surface area contributed by atoms with Crippen LogP contribution in [0.25, 0.3) is 0 Å². The summed E-state index contributed by atoms with van der Waals surface area (Å²) in [4.78, 5) is 25.0. The summed E-state index contributed by atoms with van der Waals surface area (Å²) < 4.78 is 13.8. The van der Waals surface area contributed by atoms with E-state index in [1.54, 1.807) is 13.0 Å². The van der Waals surface area contributed by atoms with Crippen LogP contribution < -0.4 is 10.6 Å². The SMILES string of the molecule is C[C@@H](NC(=O)N1CCNC(=O)CC1)c1c(F)cccc1Cl. The monoisotopic (exact) mass is 313 g/mol. The molecule has 0 spiro atoms. The van der Waals surface area contributed by atoms with Crippen molar-refractivity contribution in [3.63, 3.8) is 0 Å². The summed E-state index contributed by atoms with van der Waals surface area (Å²) in [7, 11) is 0. The van der Waals surface area contributed by atoms with Gasteiger partial charge in [-0.05, 0) is 19.1 Å². The molecule has 3 amide bonds. The van der Waals surface area contributed by atoms with E-state index in [9.17, 15) is 14.0 Å². The van der Waals surface area contributed by atoms with E-state index >= 15 is 0 Å². The van der Waals surface area contributed by atoms with Crippen LogP contribution in [0.1, 0.15) is 24.9 Å². The molecule has 5 nitrogen and oxygen atoms in total. The minimum Gasteiger partial charge on any atom is -0.354 e. The van der Waals surface area contributed by atoms with Gasteiger partial charge in [0.1, 0.15) is 5.82 Å². The predicted molar refractivity (Wildman–Crippen MR) is 77.6 cm³/mol. The first-order chi connectivity index (χ1) is 9.99. The number of rotatable bonds is 2. The molecule has 0 aliphatic carbocycles. The van der Waals surface area contributed by atoms with E-state index in [-0.39, 0.29) is 28.9 Å². The Morgan fingerprint density at radius 2 is 2.24 bits per heavy atom. The fraction of sp³-hybridized carbons (Fsp3) is 0.429. The first kappa shape index (κ1) is 15.6. The number of nitrogens with zero attached hydrogens (tertiary/aromatic N) is 1. The van der Waals surface area contributed by atoms with E-state index in [4.69, 9.17) is 11.6 Å². The van der Waals surface area contributed by atoms with Crippen LogP contribution in [0.2, 0.25) is 5.02 Å². The standard InChI is InChI=1S/C14H17ClFN3O2/c1-9(13-10(15)3-2-4-11(13)16)18-14(21)19-7-5-12(20)17-6-8-19/h2-4,9H,5-8H2,1H3,(H,17,20)(H,18,21)/t9-/m1/s1. The van der Waals surface area contributed by atoms with E-state index in [0.29, 0.717) is 19.6 Å². The molecule has 1 aromatic carbocycles. The molecule has 1 aliphatic heterocycles. The lowest BCUT2D eigenvalue weighted by Gasteiger charge is -2.24. The summed E-state index contributed by atoms with van der Waals surface area (Å²) in [5.41, 5.74) is 0.261. The lowest BCUT2D eigenvalue weighted by atomic mass is 10.1. The molecule has 0 bridgehead atoms. The summed E-state index contributed by atoms with van der Waals surface area (Å²) >= 11 is 5.98. The predicted octanol–water partition coefficient (Wildman–Crippen LogP) is 2.07. The number of amides is 3. The quantitative estimate of drug-likeness (QED) is 0.878. The maximum absolute atomic E-state index is 13.8. The molecule has 7 heteroatoms. The zero-order valence-electron chi connectivity index (χ0n) is 11.7. The van der Waals surface area contributed by atoms with Gasteiger partial charge < -0.3 is 15.5 Å². The molecule has 1 aliphatic rings. The Labute approximate surface area is 127 Å². The van der Waals surface area contributed by atoms with Gasteiger partial charge >= 0.3 is 6.03 Å². The number of hydrogen-bond acceptors (Lipinski definition) is 2. The van der Waals surface area contributed by atoms with Gasteiger partial charge in [-0.1, -0.05) is 17.7 Å². The molecule has 1 atom stereocenters. The van der Waals surface area contributed by atoms with Crippen molar-refractivity contribution in [1.82, 2.24) is 15.5 Å². The van der Waals surface area contributed by atoms with Crippen LogP contribution >= 0.6 is 11.6 Å². The number of nitrogens with one attached hydrogen (secondary N) is 2. The van der Waals surface area contributed by atoms with Crippen molar-refractivity contribution in [2.24, 2.45) is 0 Å². The fourth-order valence-corrected chi connectivity index (χ4v) is 2.57. The van der Waals surface area contributed by atoms with Crippen molar-refractivity contribution in [2.75, 3.05) is 19.6 Å². The second-order valence-electron chi connectivity index (χ2n) is 4.89. The lowest BCUT2D eigenvalue weighted by Crippen LogP contribution is -2.42. The second-order valence-corrected chi connectivity index (χ2v) is 5.30. The van der Waals surface area contributed by atoms with Crippen molar-refractivity contribution in [1.29, 1.82) is 0 Å². The molecular formula is C14H17ClFN3O2. The number of halogens is 2. The van der Waals surface area contributed by atoms with Gasteiger partial charge in [0.15, 0.2) is 0 Å². The van der Waals surface area contributed by atoms with E-state index in [2.05, 4.69) is 10.6 Å². The third kappa shape index (κ3) is 3.85. The molecule has 0 aromatic heterocycles. The summed E-state index contributed by atoms with van der Waals surface area (Å²) in [5.74, 6) is -0.529. The van der Waals surface area contributed by atoms with Crippen molar-refractivity contribution in [2.45, 2.75) is 19.4 Å². The average molecular weight is 314 g/mol. The average Bonchev–Trinajstić information content (AvgIpc) is 2.63. The normalized spacial score (nSPS) is 16.9. The molecule has 1 aromatic rings. The molecule has 114 valence electrons. The number of urea groups is 1. The van der Waals surface area contributed by atoms with Gasteiger partial charge in [0.25, 0.3) is 0 Å². The van der Waals surface area contributed by atoms with E-state index in [0.717, 1.165) is 0 Å². The van der Waals surface area contributed by atoms with Crippen LogP contribution in [-0.2, 0) is 4.79 Å². The van der Waals surface area contributed by atoms with Crippen LogP contribution in [0, 0.1) is 5.82 Å². The third-order valence-corrected chi connectivity index (χ3v) is 3.70. The van der Waals surface area contributed by atoms with Crippen LogP contribution in [-0.4, -0.2) is 36.5 Å². The Kier molecular flexibility index (Phi) is 5.01. The molecule has 21 heavy (non-hydrogen) atoms. The first-order valence-electron chi connectivity index (χ1n) is 6.75. The number of hydrogen-bond donors (Lipinski definition) is 2. The maximum Gasteiger partial charge on any atom is 0.317 e.